The SMILES string of the molecule is COC(=O)c1ccc(Oc2c(C(F)(F)F)oc3c(CN4CCCCC4)c(O)ccc3c2=O)cc1. The topological polar surface area (TPSA) is 89.2 Å². The maximum atomic E-state index is 13.9. The van der Waals surface area contributed by atoms with Gasteiger partial charge in [0.25, 0.3) is 5.76 Å². The molecule has 2 heterocycles. The summed E-state index contributed by atoms with van der Waals surface area (Å²) < 4.78 is 56.9. The first-order valence-electron chi connectivity index (χ1n) is 10.7. The van der Waals surface area contributed by atoms with E-state index in [4.69, 9.17) is 9.15 Å². The van der Waals surface area contributed by atoms with Crippen LogP contribution in [0.25, 0.3) is 11.0 Å². The minimum Gasteiger partial charge on any atom is -0.507 e. The van der Waals surface area contributed by atoms with Crippen LogP contribution in [0.1, 0.15) is 40.9 Å². The van der Waals surface area contributed by atoms with Crippen LogP contribution in [0.5, 0.6) is 17.2 Å². The number of nitrogens with zero attached hydrogens (tertiary/aromatic N) is 1. The molecule has 0 unspecified atom stereocenters. The molecular weight excluding hydrogens is 455 g/mol. The molecule has 0 spiro atoms. The lowest BCUT2D eigenvalue weighted by Crippen LogP contribution is -2.29. The number of phenols is 1. The number of piperidine rings is 1. The number of alkyl halides is 3. The van der Waals surface area contributed by atoms with E-state index in [1.807, 2.05) is 4.90 Å². The zero-order chi connectivity index (χ0) is 24.5. The summed E-state index contributed by atoms with van der Waals surface area (Å²) in [5, 5.41) is 10.2. The minimum atomic E-state index is -5.04. The molecule has 1 aliphatic rings. The van der Waals surface area contributed by atoms with Crippen molar-refractivity contribution in [3.8, 4) is 17.2 Å². The van der Waals surface area contributed by atoms with Gasteiger partial charge in [-0.05, 0) is 62.3 Å². The van der Waals surface area contributed by atoms with Crippen molar-refractivity contribution in [2.24, 2.45) is 0 Å². The maximum Gasteiger partial charge on any atom is 0.453 e. The van der Waals surface area contributed by atoms with E-state index in [-0.39, 0.29) is 40.1 Å². The van der Waals surface area contributed by atoms with Crippen molar-refractivity contribution in [2.45, 2.75) is 32.0 Å². The highest BCUT2D eigenvalue weighted by molar-refractivity contribution is 5.89. The van der Waals surface area contributed by atoms with E-state index in [1.165, 1.54) is 43.5 Å². The van der Waals surface area contributed by atoms with Gasteiger partial charge in [-0.1, -0.05) is 6.42 Å². The average Bonchev–Trinajstić information content (AvgIpc) is 2.82. The number of esters is 1. The van der Waals surface area contributed by atoms with Crippen molar-refractivity contribution in [3.63, 3.8) is 0 Å². The van der Waals surface area contributed by atoms with Crippen molar-refractivity contribution in [1.29, 1.82) is 0 Å². The molecule has 0 saturated carbocycles. The van der Waals surface area contributed by atoms with Gasteiger partial charge in [0, 0.05) is 6.54 Å². The second kappa shape index (κ2) is 9.38. The van der Waals surface area contributed by atoms with Gasteiger partial charge < -0.3 is 19.0 Å². The molecule has 0 bridgehead atoms. The predicted octanol–water partition coefficient (Wildman–Crippen LogP) is 5.08. The Kier molecular flexibility index (Phi) is 6.52. The number of methoxy groups -OCH3 is 1. The molecule has 0 radical (unpaired) electrons. The minimum absolute atomic E-state index is 0.0999. The van der Waals surface area contributed by atoms with Gasteiger partial charge in [0.1, 0.15) is 17.1 Å². The zero-order valence-electron chi connectivity index (χ0n) is 18.3. The third-order valence-corrected chi connectivity index (χ3v) is 5.68. The van der Waals surface area contributed by atoms with E-state index in [0.717, 1.165) is 32.4 Å². The number of carbonyl (C=O) groups excluding carboxylic acids is 1. The first-order valence-corrected chi connectivity index (χ1v) is 10.7. The molecule has 1 aromatic heterocycles. The summed E-state index contributed by atoms with van der Waals surface area (Å²) in [6.07, 6.45) is -2.10. The molecular formula is C24H22F3NO6. The average molecular weight is 477 g/mol. The summed E-state index contributed by atoms with van der Waals surface area (Å²) in [5.41, 5.74) is -1.06. The highest BCUT2D eigenvalue weighted by Gasteiger charge is 2.41. The first kappa shape index (κ1) is 23.6. The molecule has 4 rings (SSSR count). The molecule has 0 aliphatic carbocycles. The molecule has 180 valence electrons. The Balaban J connectivity index is 1.81. The van der Waals surface area contributed by atoms with Gasteiger partial charge in [-0.15, -0.1) is 0 Å². The molecule has 0 amide bonds. The van der Waals surface area contributed by atoms with E-state index < -0.39 is 29.1 Å². The van der Waals surface area contributed by atoms with Crippen LogP contribution in [0.15, 0.2) is 45.6 Å². The first-order chi connectivity index (χ1) is 16.2. The quantitative estimate of drug-likeness (QED) is 0.513. The fourth-order valence-corrected chi connectivity index (χ4v) is 3.95. The second-order valence-corrected chi connectivity index (χ2v) is 7.98. The predicted molar refractivity (Wildman–Crippen MR) is 116 cm³/mol. The van der Waals surface area contributed by atoms with Gasteiger partial charge in [0.15, 0.2) is 0 Å². The zero-order valence-corrected chi connectivity index (χ0v) is 18.3. The molecule has 1 aliphatic heterocycles. The maximum absolute atomic E-state index is 13.9. The smallest absolute Gasteiger partial charge is 0.453 e. The fourth-order valence-electron chi connectivity index (χ4n) is 3.95. The van der Waals surface area contributed by atoms with Gasteiger partial charge in [0.2, 0.25) is 11.2 Å². The number of phenolic OH excluding ortho intramolecular Hbond substituents is 1. The Morgan fingerprint density at radius 3 is 2.38 bits per heavy atom. The Morgan fingerprint density at radius 1 is 1.09 bits per heavy atom. The Hall–Kier alpha value is -3.53. The number of fused-ring (bicyclic) bond motifs is 1. The third-order valence-electron chi connectivity index (χ3n) is 5.68. The van der Waals surface area contributed by atoms with Crippen molar-refractivity contribution in [3.05, 3.63) is 63.5 Å². The molecule has 0 atom stereocenters. The molecule has 3 aromatic rings. The van der Waals surface area contributed by atoms with Crippen LogP contribution in [-0.4, -0.2) is 36.2 Å². The Morgan fingerprint density at radius 2 is 1.76 bits per heavy atom. The van der Waals surface area contributed by atoms with E-state index in [1.54, 1.807) is 0 Å². The van der Waals surface area contributed by atoms with Crippen LogP contribution in [0.2, 0.25) is 0 Å². The fraction of sp³-hybridized carbons (Fsp3) is 0.333. The van der Waals surface area contributed by atoms with Gasteiger partial charge in [-0.3, -0.25) is 9.69 Å². The van der Waals surface area contributed by atoms with E-state index in [0.29, 0.717) is 0 Å². The molecule has 1 fully saturated rings. The summed E-state index contributed by atoms with van der Waals surface area (Å²) >= 11 is 0. The highest BCUT2D eigenvalue weighted by atomic mass is 19.4. The number of rotatable bonds is 5. The van der Waals surface area contributed by atoms with Crippen molar-refractivity contribution in [1.82, 2.24) is 4.90 Å². The van der Waals surface area contributed by atoms with Crippen LogP contribution in [-0.2, 0) is 17.5 Å². The lowest BCUT2D eigenvalue weighted by molar-refractivity contribution is -0.154. The molecule has 7 nitrogen and oxygen atoms in total. The number of carbonyl (C=O) groups is 1. The number of hydrogen-bond acceptors (Lipinski definition) is 7. The second-order valence-electron chi connectivity index (χ2n) is 7.98. The van der Waals surface area contributed by atoms with Crippen molar-refractivity contribution < 1.29 is 37.0 Å². The van der Waals surface area contributed by atoms with Crippen LogP contribution in [0.3, 0.4) is 0 Å². The van der Waals surface area contributed by atoms with Gasteiger partial charge in [0.05, 0.1) is 23.6 Å². The molecule has 10 heteroatoms. The van der Waals surface area contributed by atoms with Gasteiger partial charge in [-0.2, -0.15) is 13.2 Å². The third kappa shape index (κ3) is 4.72. The lowest BCUT2D eigenvalue weighted by atomic mass is 10.1. The number of ether oxygens (including phenoxy) is 2. The summed E-state index contributed by atoms with van der Waals surface area (Å²) in [6, 6.07) is 7.56. The summed E-state index contributed by atoms with van der Waals surface area (Å²) in [4.78, 5) is 26.7. The largest absolute Gasteiger partial charge is 0.507 e. The normalized spacial score (nSPS) is 14.8. The number of likely N-dealkylation sites (tertiary alicyclic amines) is 1. The monoisotopic (exact) mass is 477 g/mol. The van der Waals surface area contributed by atoms with Crippen molar-refractivity contribution in [2.75, 3.05) is 20.2 Å². The van der Waals surface area contributed by atoms with Crippen LogP contribution in [0.4, 0.5) is 13.2 Å². The molecule has 34 heavy (non-hydrogen) atoms. The number of benzene rings is 2. The standard InChI is InChI=1S/C24H22F3NO6/c1-32-23(31)14-5-7-15(8-6-14)33-21-19(30)16-9-10-18(29)17(13-28-11-3-2-4-12-28)20(16)34-22(21)24(25,26)27/h5-10,29H,2-4,11-13H2,1H3. The molecule has 1 saturated heterocycles. The Bertz CT molecular complexity index is 1260. The highest BCUT2D eigenvalue weighted by Crippen LogP contribution is 2.40. The van der Waals surface area contributed by atoms with Crippen LogP contribution < -0.4 is 10.2 Å². The van der Waals surface area contributed by atoms with E-state index in [9.17, 15) is 27.9 Å². The van der Waals surface area contributed by atoms with E-state index >= 15 is 0 Å². The summed E-state index contributed by atoms with van der Waals surface area (Å²) in [5.74, 6) is -3.61. The van der Waals surface area contributed by atoms with Gasteiger partial charge in [-0.25, -0.2) is 4.79 Å². The summed E-state index contributed by atoms with van der Waals surface area (Å²) in [6.45, 7) is 1.61. The van der Waals surface area contributed by atoms with Crippen LogP contribution >= 0.6 is 0 Å². The lowest BCUT2D eigenvalue weighted by Gasteiger charge is -2.27. The van der Waals surface area contributed by atoms with E-state index in [2.05, 4.69) is 4.74 Å². The summed E-state index contributed by atoms with van der Waals surface area (Å²) in [7, 11) is 1.19. The number of halogens is 3. The van der Waals surface area contributed by atoms with Crippen LogP contribution in [0, 0.1) is 0 Å². The number of hydrogen-bond donors (Lipinski definition) is 1. The number of aromatic hydroxyl groups is 1. The molecule has 1 N–H and O–H groups in total. The Labute approximate surface area is 192 Å². The van der Waals surface area contributed by atoms with Crippen molar-refractivity contribution >= 4 is 16.9 Å². The molecule has 2 aromatic carbocycles. The van der Waals surface area contributed by atoms with Gasteiger partial charge >= 0.3 is 12.1 Å².